The van der Waals surface area contributed by atoms with Crippen LogP contribution in [0.15, 0.2) is 22.3 Å². The standard InChI is InChI=1S/C51H85N9Si/c1-29-30(2)38(10)48(37(29)9)61(49-42(55(17)18)34(6)31(3)39(52(11)12)45(49)58(23)24,50-43(56(19)20)35(7)32(4)40(53(13)14)46(50)59(25)26)51-44(57(21)22)36(8)33(5)41(54(15)16)47(51)60(27)28/h48H,1-28H3. The molecule has 338 valence electrons. The molecule has 0 N–H and O–H groups in total. The molecular weight excluding hydrogens is 767 g/mol. The number of anilines is 9. The van der Waals surface area contributed by atoms with Crippen molar-refractivity contribution in [2.45, 2.75) is 74.8 Å². The van der Waals surface area contributed by atoms with E-state index < -0.39 is 8.07 Å². The van der Waals surface area contributed by atoms with E-state index >= 15 is 0 Å². The van der Waals surface area contributed by atoms with Crippen LogP contribution in [0.1, 0.15) is 61.1 Å². The summed E-state index contributed by atoms with van der Waals surface area (Å²) >= 11 is 0. The lowest BCUT2D eigenvalue weighted by Gasteiger charge is -2.51. The van der Waals surface area contributed by atoms with Crippen LogP contribution in [-0.2, 0) is 0 Å². The zero-order valence-electron chi connectivity index (χ0n) is 44.1. The van der Waals surface area contributed by atoms with Crippen LogP contribution in [-0.4, -0.2) is 135 Å². The van der Waals surface area contributed by atoms with E-state index in [9.17, 15) is 0 Å². The van der Waals surface area contributed by atoms with E-state index in [2.05, 4.69) is 240 Å². The highest BCUT2D eigenvalue weighted by Gasteiger charge is 2.59. The lowest BCUT2D eigenvalue weighted by Crippen LogP contribution is -2.74. The SMILES string of the molecule is CC1=C(C)C([Si](c2c(N(C)C)c(C)c(C)c(N(C)C)c2N(C)C)(c2c(N(C)C)c(C)c(C)c(N(C)C)c2N(C)C)c2c(N(C)C)c(C)c(C)c(N(C)C)c2N(C)C)C(C)=C1C. The van der Waals surface area contributed by atoms with Crippen LogP contribution < -0.4 is 59.7 Å². The Bertz CT molecular complexity index is 2030. The molecule has 0 unspecified atom stereocenters. The summed E-state index contributed by atoms with van der Waals surface area (Å²) in [6.45, 7) is 23.9. The molecule has 9 nitrogen and oxygen atoms in total. The Balaban J connectivity index is 3.00. The number of nitrogens with zero attached hydrogens (tertiary/aromatic N) is 9. The van der Waals surface area contributed by atoms with Gasteiger partial charge in [0.1, 0.15) is 0 Å². The highest BCUT2D eigenvalue weighted by Crippen LogP contribution is 2.55. The molecule has 0 saturated carbocycles. The van der Waals surface area contributed by atoms with Gasteiger partial charge < -0.3 is 44.1 Å². The van der Waals surface area contributed by atoms with Crippen LogP contribution in [0, 0.1) is 41.5 Å². The van der Waals surface area contributed by atoms with Crippen molar-refractivity contribution < 1.29 is 0 Å². The molecule has 3 aromatic rings. The molecule has 61 heavy (non-hydrogen) atoms. The van der Waals surface area contributed by atoms with Gasteiger partial charge in [-0.05, 0) is 129 Å². The smallest absolute Gasteiger partial charge is 0.175 e. The van der Waals surface area contributed by atoms with E-state index in [1.165, 1.54) is 122 Å². The Morgan fingerprint density at radius 1 is 0.246 bits per heavy atom. The first kappa shape index (κ1) is 49.2. The predicted molar refractivity (Wildman–Crippen MR) is 282 cm³/mol. The first-order valence-corrected chi connectivity index (χ1v) is 24.0. The van der Waals surface area contributed by atoms with Crippen LogP contribution in [0.25, 0.3) is 0 Å². The van der Waals surface area contributed by atoms with E-state index in [1.807, 2.05) is 0 Å². The van der Waals surface area contributed by atoms with Crippen molar-refractivity contribution in [3.05, 3.63) is 55.7 Å². The molecule has 0 saturated heterocycles. The maximum absolute atomic E-state index is 3.69. The normalized spacial score (nSPS) is 13.4. The van der Waals surface area contributed by atoms with E-state index in [0.717, 1.165) is 0 Å². The zero-order valence-corrected chi connectivity index (χ0v) is 45.1. The quantitative estimate of drug-likeness (QED) is 0.127. The van der Waals surface area contributed by atoms with Gasteiger partial charge in [0.2, 0.25) is 0 Å². The van der Waals surface area contributed by atoms with Gasteiger partial charge in [0, 0.05) is 149 Å². The molecule has 4 rings (SSSR count). The van der Waals surface area contributed by atoms with Crippen molar-refractivity contribution in [2.24, 2.45) is 0 Å². The van der Waals surface area contributed by atoms with Gasteiger partial charge in [0.05, 0.1) is 34.1 Å². The van der Waals surface area contributed by atoms with Crippen LogP contribution in [0.3, 0.4) is 0 Å². The molecule has 0 spiro atoms. The molecular formula is C51H85N9Si. The molecule has 0 radical (unpaired) electrons. The molecule has 1 aliphatic carbocycles. The van der Waals surface area contributed by atoms with Gasteiger partial charge in [-0.25, -0.2) is 0 Å². The largest absolute Gasteiger partial charge is 0.377 e. The summed E-state index contributed by atoms with van der Waals surface area (Å²) in [5.74, 6) is 0. The molecule has 0 bridgehead atoms. The van der Waals surface area contributed by atoms with Crippen molar-refractivity contribution >= 4 is 74.8 Å². The summed E-state index contributed by atoms with van der Waals surface area (Å²) in [5.41, 5.74) is 25.4. The van der Waals surface area contributed by atoms with Gasteiger partial charge >= 0.3 is 0 Å². The van der Waals surface area contributed by atoms with Gasteiger partial charge in [0.25, 0.3) is 0 Å². The fourth-order valence-electron chi connectivity index (χ4n) is 11.4. The van der Waals surface area contributed by atoms with Crippen LogP contribution in [0.2, 0.25) is 5.54 Å². The molecule has 1 aliphatic rings. The minimum atomic E-state index is -3.69. The van der Waals surface area contributed by atoms with Gasteiger partial charge in [-0.15, -0.1) is 0 Å². The van der Waals surface area contributed by atoms with Crippen molar-refractivity contribution in [3.63, 3.8) is 0 Å². The summed E-state index contributed by atoms with van der Waals surface area (Å²) in [7, 11) is 37.2. The number of hydrogen-bond donors (Lipinski definition) is 0. The summed E-state index contributed by atoms with van der Waals surface area (Å²) < 4.78 is 0. The van der Waals surface area contributed by atoms with E-state index in [4.69, 9.17) is 0 Å². The van der Waals surface area contributed by atoms with Crippen molar-refractivity contribution in [1.29, 1.82) is 0 Å². The first-order chi connectivity index (χ1) is 28.0. The van der Waals surface area contributed by atoms with Crippen LogP contribution >= 0.6 is 0 Å². The molecule has 3 aromatic carbocycles. The second-order valence-electron chi connectivity index (χ2n) is 19.9. The van der Waals surface area contributed by atoms with Crippen LogP contribution in [0.4, 0.5) is 51.2 Å². The van der Waals surface area contributed by atoms with Crippen molar-refractivity contribution in [3.8, 4) is 0 Å². The van der Waals surface area contributed by atoms with Gasteiger partial charge in [-0.2, -0.15) is 0 Å². The highest BCUT2D eigenvalue weighted by atomic mass is 28.3. The number of rotatable bonds is 13. The molecule has 0 atom stereocenters. The summed E-state index contributed by atoms with van der Waals surface area (Å²) in [6, 6.07) is 0. The summed E-state index contributed by atoms with van der Waals surface area (Å²) in [6.07, 6.45) is 0. The number of hydrogen-bond acceptors (Lipinski definition) is 9. The van der Waals surface area contributed by atoms with E-state index in [1.54, 1.807) is 0 Å². The topological polar surface area (TPSA) is 29.2 Å². The average molecular weight is 852 g/mol. The predicted octanol–water partition coefficient (Wildman–Crippen LogP) is 7.66. The molecule has 10 heteroatoms. The molecule has 0 fully saturated rings. The number of benzene rings is 3. The second kappa shape index (κ2) is 17.4. The fraction of sp³-hybridized carbons (Fsp3) is 0.569. The Morgan fingerprint density at radius 2 is 0.410 bits per heavy atom. The van der Waals surface area contributed by atoms with Crippen LogP contribution in [0.5, 0.6) is 0 Å². The molecule has 0 aromatic heterocycles. The number of allylic oxidation sites excluding steroid dienone is 4. The monoisotopic (exact) mass is 852 g/mol. The van der Waals surface area contributed by atoms with E-state index in [0.29, 0.717) is 0 Å². The Hall–Kier alpha value is -4.44. The third-order valence-corrected chi connectivity index (χ3v) is 19.7. The summed E-state index contributed by atoms with van der Waals surface area (Å²) in [4.78, 5) is 21.9. The lowest BCUT2D eigenvalue weighted by molar-refractivity contribution is 1.02. The Morgan fingerprint density at radius 3 is 0.574 bits per heavy atom. The maximum Gasteiger partial charge on any atom is 0.175 e. The first-order valence-electron chi connectivity index (χ1n) is 21.9. The summed E-state index contributed by atoms with van der Waals surface area (Å²) in [5, 5.41) is 4.37. The average Bonchev–Trinajstić information content (AvgIpc) is 3.32. The maximum atomic E-state index is 2.47. The van der Waals surface area contributed by atoms with Gasteiger partial charge in [-0.1, -0.05) is 11.1 Å². The second-order valence-corrected chi connectivity index (χ2v) is 23.6. The molecule has 0 aliphatic heterocycles. The molecule has 0 heterocycles. The van der Waals surface area contributed by atoms with Crippen molar-refractivity contribution in [1.82, 2.24) is 0 Å². The molecule has 0 amide bonds. The lowest BCUT2D eigenvalue weighted by atomic mass is 10.0. The van der Waals surface area contributed by atoms with Crippen molar-refractivity contribution in [2.75, 3.05) is 171 Å². The van der Waals surface area contributed by atoms with Gasteiger partial charge in [0.15, 0.2) is 8.07 Å². The Labute approximate surface area is 374 Å². The minimum Gasteiger partial charge on any atom is -0.377 e. The van der Waals surface area contributed by atoms with Gasteiger partial charge in [-0.3, -0.25) is 0 Å². The van der Waals surface area contributed by atoms with E-state index in [-0.39, 0.29) is 5.54 Å². The minimum absolute atomic E-state index is 0.0612. The highest BCUT2D eigenvalue weighted by molar-refractivity contribution is 7.17. The zero-order chi connectivity index (χ0) is 47.0. The third kappa shape index (κ3) is 7.32. The third-order valence-electron chi connectivity index (χ3n) is 14.2. The fourth-order valence-corrected chi connectivity index (χ4v) is 19.3. The Kier molecular flexibility index (Phi) is 14.0.